The molecule has 0 heterocycles. The van der Waals surface area contributed by atoms with Crippen molar-refractivity contribution in [2.24, 2.45) is 34.1 Å². The van der Waals surface area contributed by atoms with Crippen molar-refractivity contribution >= 4 is 0 Å². The smallest absolute Gasteiger partial charge is 0.00958 e. The predicted molar refractivity (Wildman–Crippen MR) is 71.5 cm³/mol. The highest BCUT2D eigenvalue weighted by atomic mass is 14.8. The number of hydrogen-bond acceptors (Lipinski definition) is 2. The highest BCUT2D eigenvalue weighted by Crippen LogP contribution is 2.65. The van der Waals surface area contributed by atoms with Crippen LogP contribution < -0.4 is 11.5 Å². The molecule has 3 atom stereocenters. The summed E-state index contributed by atoms with van der Waals surface area (Å²) < 4.78 is 0. The van der Waals surface area contributed by atoms with Crippen LogP contribution in [0.1, 0.15) is 58.3 Å². The first kappa shape index (κ1) is 12.0. The molecular formula is C15H28N2. The van der Waals surface area contributed by atoms with Crippen molar-refractivity contribution in [1.29, 1.82) is 0 Å². The highest BCUT2D eigenvalue weighted by Gasteiger charge is 2.58. The van der Waals surface area contributed by atoms with Gasteiger partial charge in [0.25, 0.3) is 0 Å². The van der Waals surface area contributed by atoms with Crippen LogP contribution in [-0.4, -0.2) is 12.6 Å². The Hall–Kier alpha value is -0.0800. The normalized spacial score (nSPS) is 49.6. The van der Waals surface area contributed by atoms with Crippen LogP contribution in [0.25, 0.3) is 0 Å². The zero-order valence-electron chi connectivity index (χ0n) is 11.3. The summed E-state index contributed by atoms with van der Waals surface area (Å²) in [5.74, 6) is 1.89. The van der Waals surface area contributed by atoms with E-state index in [0.717, 1.165) is 18.4 Å². The van der Waals surface area contributed by atoms with E-state index in [1.54, 1.807) is 0 Å². The molecule has 17 heavy (non-hydrogen) atoms. The summed E-state index contributed by atoms with van der Waals surface area (Å²) >= 11 is 0. The van der Waals surface area contributed by atoms with E-state index in [-0.39, 0.29) is 0 Å². The molecule has 98 valence electrons. The quantitative estimate of drug-likeness (QED) is 0.788. The minimum atomic E-state index is 0.435. The van der Waals surface area contributed by atoms with Gasteiger partial charge in [0, 0.05) is 6.04 Å². The lowest BCUT2D eigenvalue weighted by molar-refractivity contribution is -0.117. The summed E-state index contributed by atoms with van der Waals surface area (Å²) in [7, 11) is 0. The molecule has 4 aliphatic rings. The van der Waals surface area contributed by atoms with Crippen LogP contribution in [0.5, 0.6) is 0 Å². The van der Waals surface area contributed by atoms with Gasteiger partial charge in [0.15, 0.2) is 0 Å². The second-order valence-electron chi connectivity index (χ2n) is 7.42. The first-order valence-corrected chi connectivity index (χ1v) is 7.57. The maximum absolute atomic E-state index is 6.56. The van der Waals surface area contributed by atoms with Crippen LogP contribution in [-0.2, 0) is 0 Å². The fraction of sp³-hybridized carbons (Fsp3) is 1.00. The Morgan fingerprint density at radius 1 is 1.18 bits per heavy atom. The van der Waals surface area contributed by atoms with E-state index in [1.165, 1.54) is 51.4 Å². The molecule has 0 spiro atoms. The summed E-state index contributed by atoms with van der Waals surface area (Å²) in [4.78, 5) is 0. The Labute approximate surface area is 106 Å². The molecule has 0 radical (unpaired) electrons. The molecule has 2 heteroatoms. The average Bonchev–Trinajstić information content (AvgIpc) is 2.27. The lowest BCUT2D eigenvalue weighted by Crippen LogP contribution is -2.59. The van der Waals surface area contributed by atoms with Crippen LogP contribution in [0.15, 0.2) is 0 Å². The summed E-state index contributed by atoms with van der Waals surface area (Å²) in [6, 6.07) is 0.435. The minimum absolute atomic E-state index is 0.435. The molecule has 0 aromatic heterocycles. The molecule has 0 aromatic rings. The highest BCUT2D eigenvalue weighted by molar-refractivity contribution is 5.10. The number of hydrogen-bond donors (Lipinski definition) is 2. The Morgan fingerprint density at radius 3 is 2.35 bits per heavy atom. The molecule has 0 aliphatic heterocycles. The van der Waals surface area contributed by atoms with Gasteiger partial charge in [-0.3, -0.25) is 0 Å². The average molecular weight is 236 g/mol. The molecular weight excluding hydrogens is 208 g/mol. The molecule has 0 aromatic carbocycles. The number of nitrogens with two attached hydrogens (primary N) is 2. The molecule has 4 fully saturated rings. The van der Waals surface area contributed by atoms with E-state index in [1.807, 2.05) is 0 Å². The van der Waals surface area contributed by atoms with E-state index in [4.69, 9.17) is 11.5 Å². The van der Waals surface area contributed by atoms with Crippen molar-refractivity contribution in [3.63, 3.8) is 0 Å². The zero-order chi connectivity index (χ0) is 12.1. The summed E-state index contributed by atoms with van der Waals surface area (Å²) in [6.07, 6.45) is 10.9. The van der Waals surface area contributed by atoms with Crippen molar-refractivity contribution in [2.75, 3.05) is 6.54 Å². The summed E-state index contributed by atoms with van der Waals surface area (Å²) in [5.41, 5.74) is 13.6. The Kier molecular flexibility index (Phi) is 2.79. The molecule has 0 amide bonds. The number of rotatable bonds is 4. The van der Waals surface area contributed by atoms with Gasteiger partial charge < -0.3 is 11.5 Å². The SMILES string of the molecule is CCCC(N)C12CC3CC(CC(CN)(C3)C1)C2. The third-order valence-corrected chi connectivity index (χ3v) is 6.05. The van der Waals surface area contributed by atoms with Gasteiger partial charge in [-0.1, -0.05) is 13.3 Å². The first-order chi connectivity index (χ1) is 8.11. The van der Waals surface area contributed by atoms with Crippen molar-refractivity contribution in [3.05, 3.63) is 0 Å². The molecule has 4 bridgehead atoms. The summed E-state index contributed by atoms with van der Waals surface area (Å²) in [5, 5.41) is 0. The molecule has 0 saturated heterocycles. The van der Waals surface area contributed by atoms with Gasteiger partial charge in [-0.05, 0) is 74.2 Å². The third kappa shape index (κ3) is 1.76. The van der Waals surface area contributed by atoms with Crippen LogP contribution in [0.2, 0.25) is 0 Å². The fourth-order valence-electron chi connectivity index (χ4n) is 5.82. The molecule has 2 nitrogen and oxygen atoms in total. The lowest BCUT2D eigenvalue weighted by Gasteiger charge is -2.63. The van der Waals surface area contributed by atoms with Crippen molar-refractivity contribution in [3.8, 4) is 0 Å². The van der Waals surface area contributed by atoms with Crippen LogP contribution >= 0.6 is 0 Å². The zero-order valence-corrected chi connectivity index (χ0v) is 11.3. The Bertz CT molecular complexity index is 285. The lowest BCUT2D eigenvalue weighted by atomic mass is 9.42. The van der Waals surface area contributed by atoms with E-state index < -0.39 is 0 Å². The minimum Gasteiger partial charge on any atom is -0.330 e. The van der Waals surface area contributed by atoms with Gasteiger partial charge >= 0.3 is 0 Å². The molecule has 3 unspecified atom stereocenters. The van der Waals surface area contributed by atoms with Gasteiger partial charge in [0.1, 0.15) is 0 Å². The fourth-order valence-corrected chi connectivity index (χ4v) is 5.82. The van der Waals surface area contributed by atoms with Gasteiger partial charge in [0.2, 0.25) is 0 Å². The van der Waals surface area contributed by atoms with E-state index in [9.17, 15) is 0 Å². The predicted octanol–water partition coefficient (Wildman–Crippen LogP) is 2.66. The first-order valence-electron chi connectivity index (χ1n) is 7.57. The Balaban J connectivity index is 1.87. The third-order valence-electron chi connectivity index (χ3n) is 6.05. The largest absolute Gasteiger partial charge is 0.330 e. The van der Waals surface area contributed by atoms with Crippen LogP contribution in [0.4, 0.5) is 0 Å². The van der Waals surface area contributed by atoms with Crippen molar-refractivity contribution in [2.45, 2.75) is 64.3 Å². The molecule has 4 N–H and O–H groups in total. The van der Waals surface area contributed by atoms with Crippen molar-refractivity contribution in [1.82, 2.24) is 0 Å². The standard InChI is InChI=1S/C15H28N2/c1-2-3-13(17)15-7-11-4-12(8-15)6-14(5-11,9-15)10-16/h11-13H,2-10,16-17H2,1H3. The van der Waals surface area contributed by atoms with Crippen LogP contribution in [0, 0.1) is 22.7 Å². The van der Waals surface area contributed by atoms with Gasteiger partial charge in [-0.25, -0.2) is 0 Å². The maximum Gasteiger partial charge on any atom is 0.00958 e. The Morgan fingerprint density at radius 2 is 1.82 bits per heavy atom. The van der Waals surface area contributed by atoms with E-state index in [2.05, 4.69) is 6.92 Å². The van der Waals surface area contributed by atoms with E-state index in [0.29, 0.717) is 16.9 Å². The monoisotopic (exact) mass is 236 g/mol. The van der Waals surface area contributed by atoms with Crippen molar-refractivity contribution < 1.29 is 0 Å². The second-order valence-corrected chi connectivity index (χ2v) is 7.42. The molecule has 4 aliphatic carbocycles. The van der Waals surface area contributed by atoms with Gasteiger partial charge in [-0.15, -0.1) is 0 Å². The van der Waals surface area contributed by atoms with Gasteiger partial charge in [0.05, 0.1) is 0 Å². The maximum atomic E-state index is 6.56. The molecule has 4 rings (SSSR count). The second kappa shape index (κ2) is 3.96. The van der Waals surface area contributed by atoms with Crippen LogP contribution in [0.3, 0.4) is 0 Å². The summed E-state index contributed by atoms with van der Waals surface area (Å²) in [6.45, 7) is 3.17. The molecule has 4 saturated carbocycles. The van der Waals surface area contributed by atoms with E-state index >= 15 is 0 Å². The topological polar surface area (TPSA) is 52.0 Å². The van der Waals surface area contributed by atoms with Gasteiger partial charge in [-0.2, -0.15) is 0 Å².